The smallest absolute Gasteiger partial charge is 0.211 e. The fourth-order valence-electron chi connectivity index (χ4n) is 15.2. The van der Waals surface area contributed by atoms with E-state index in [4.69, 9.17) is 13.3 Å². The van der Waals surface area contributed by atoms with Gasteiger partial charge in [-0.25, -0.2) is 8.42 Å². The van der Waals surface area contributed by atoms with Gasteiger partial charge in [-0.1, -0.05) is 218 Å². The largest absolute Gasteiger partial charge is 0.455 e. The Labute approximate surface area is 637 Å². The van der Waals surface area contributed by atoms with Gasteiger partial charge in [0.15, 0.2) is 16.9 Å². The maximum absolute atomic E-state index is 14.0. The first-order valence-electron chi connectivity index (χ1n) is 36.7. The first-order chi connectivity index (χ1) is 54.3. The third-order valence-corrected chi connectivity index (χ3v) is 22.3. The van der Waals surface area contributed by atoms with E-state index in [1.54, 1.807) is 6.07 Å². The van der Waals surface area contributed by atoms with Crippen LogP contribution in [0.2, 0.25) is 0 Å². The molecule has 0 amide bonds. The Hall–Kier alpha value is -14.5. The van der Waals surface area contributed by atoms with E-state index in [0.717, 1.165) is 146 Å². The summed E-state index contributed by atoms with van der Waals surface area (Å²) in [6, 6.07) is 141. The van der Waals surface area contributed by atoms with Crippen molar-refractivity contribution in [2.24, 2.45) is 0 Å². The summed E-state index contributed by atoms with van der Waals surface area (Å²) in [5.74, 6) is 0.390. The molecule has 0 saturated carbocycles. The molecule has 110 heavy (non-hydrogen) atoms. The number of furan rings is 3. The molecule has 4 heterocycles. The van der Waals surface area contributed by atoms with E-state index in [9.17, 15) is 8.42 Å². The van der Waals surface area contributed by atoms with Crippen molar-refractivity contribution in [3.63, 3.8) is 0 Å². The van der Waals surface area contributed by atoms with Crippen LogP contribution in [-0.2, 0) is 9.84 Å². The normalized spacial score (nSPS) is 12.0. The molecule has 1 aliphatic rings. The molecule has 0 bridgehead atoms. The highest BCUT2D eigenvalue weighted by Gasteiger charge is 2.39. The molecule has 0 fully saturated rings. The molecule has 16 aromatic carbocycles. The Balaban J connectivity index is 0.000000149. The van der Waals surface area contributed by atoms with E-state index in [-0.39, 0.29) is 9.79 Å². The van der Waals surface area contributed by atoms with Gasteiger partial charge >= 0.3 is 0 Å². The second-order valence-electron chi connectivity index (χ2n) is 27.2. The van der Waals surface area contributed by atoms with Crippen molar-refractivity contribution < 1.29 is 21.7 Å². The minimum atomic E-state index is -3.78. The Morgan fingerprint density at radius 2 is 0.455 bits per heavy atom. The summed E-state index contributed by atoms with van der Waals surface area (Å²) in [4.78, 5) is 9.48. The van der Waals surface area contributed by atoms with Crippen LogP contribution in [0.4, 0.5) is 68.2 Å². The highest BCUT2D eigenvalue weighted by molar-refractivity contribution is 7.92. The number of benzene rings is 16. The molecule has 0 aliphatic carbocycles. The maximum Gasteiger partial charge on any atom is 0.211 e. The molecule has 1 aliphatic heterocycles. The summed E-state index contributed by atoms with van der Waals surface area (Å²) in [5.41, 5.74) is 25.5. The van der Waals surface area contributed by atoms with Crippen LogP contribution in [0.25, 0.3) is 99.9 Å². The lowest BCUT2D eigenvalue weighted by atomic mass is 10.0. The Kier molecular flexibility index (Phi) is 17.1. The molecule has 0 atom stereocenters. The molecular weight excluding hydrogens is 1370 g/mol. The Bertz CT molecular complexity index is 6450. The van der Waals surface area contributed by atoms with Crippen molar-refractivity contribution in [3.05, 3.63) is 413 Å². The number of nitrogens with zero attached hydrogens (tertiary/aromatic N) is 4. The average Bonchev–Trinajstić information content (AvgIpc) is 1.55. The molecule has 0 radical (unpaired) electrons. The van der Waals surface area contributed by atoms with Gasteiger partial charge < -0.3 is 32.9 Å². The second kappa shape index (κ2) is 28.4. The summed E-state index contributed by atoms with van der Waals surface area (Å²) >= 11 is 0. The molecule has 20 rings (SSSR count). The van der Waals surface area contributed by atoms with Gasteiger partial charge in [-0.05, 0) is 239 Å². The molecule has 0 spiro atoms. The Morgan fingerprint density at radius 1 is 0.200 bits per heavy atom. The van der Waals surface area contributed by atoms with Crippen LogP contribution in [0.3, 0.4) is 0 Å². The van der Waals surface area contributed by atoms with Gasteiger partial charge in [0.05, 0.1) is 15.7 Å². The van der Waals surface area contributed by atoms with Gasteiger partial charge in [0.2, 0.25) is 9.84 Å². The van der Waals surface area contributed by atoms with Crippen LogP contribution in [0.15, 0.2) is 436 Å². The van der Waals surface area contributed by atoms with Gasteiger partial charge in [0.1, 0.15) is 21.6 Å². The number of sulfone groups is 1. The van der Waals surface area contributed by atoms with Crippen molar-refractivity contribution in [2.75, 3.05) is 19.6 Å². The standard InChI is InChI=1S/C50H34N2O3S.C50H34N2O2/c53-56(54)48-32-26-37(35-21-27-43(28-22-35)51(39-13-5-1-6-14-39)40-15-7-2-8-16-40)33-46(48)49-50(56)45-31-25-38(34-47(45)55-49)36-23-29-44(30-24-36)52(41-17-9-3-10-18-41)42-19-11-4-12-20-42;1-5-13-39(14-6-1)51(40-15-7-2-8-16-40)43-27-21-35(22-28-43)37-26-32-47-46(33-37)50-49(53-47)45-31-25-38(34-48(45)54-50)36-23-29-44(30-24-36)52(41-17-9-3-10-18-41)42-19-11-4-12-20-42/h1-34H;1-34H. The number of anilines is 12. The maximum atomic E-state index is 14.0. The molecular formula is C100H68N4O5S. The highest BCUT2D eigenvalue weighted by atomic mass is 32.2. The fraction of sp³-hybridized carbons (Fsp3) is 0. The summed E-state index contributed by atoms with van der Waals surface area (Å²) in [7, 11) is -3.78. The lowest BCUT2D eigenvalue weighted by Crippen LogP contribution is -2.09. The van der Waals surface area contributed by atoms with Gasteiger partial charge in [0, 0.05) is 79.2 Å². The number of hydrogen-bond donors (Lipinski definition) is 0. The second-order valence-corrected chi connectivity index (χ2v) is 29.0. The molecule has 9 nitrogen and oxygen atoms in total. The quantitative estimate of drug-likeness (QED) is 0.0939. The lowest BCUT2D eigenvalue weighted by Gasteiger charge is -2.25. The van der Waals surface area contributed by atoms with Crippen LogP contribution >= 0.6 is 0 Å². The van der Waals surface area contributed by atoms with E-state index in [0.29, 0.717) is 22.3 Å². The number of para-hydroxylation sites is 8. The molecule has 0 saturated heterocycles. The first-order valence-corrected chi connectivity index (χ1v) is 38.2. The monoisotopic (exact) mass is 1440 g/mol. The number of hydrogen-bond acceptors (Lipinski definition) is 9. The summed E-state index contributed by atoms with van der Waals surface area (Å²) in [6.45, 7) is 0. The van der Waals surface area contributed by atoms with Crippen LogP contribution < -0.4 is 19.6 Å². The van der Waals surface area contributed by atoms with E-state index < -0.39 is 9.84 Å². The van der Waals surface area contributed by atoms with Gasteiger partial charge in [-0.15, -0.1) is 0 Å². The van der Waals surface area contributed by atoms with Crippen LogP contribution in [-0.4, -0.2) is 8.42 Å². The molecule has 0 unspecified atom stereocenters. The topological polar surface area (TPSA) is 86.5 Å². The zero-order valence-electron chi connectivity index (χ0n) is 59.5. The van der Waals surface area contributed by atoms with E-state index in [1.165, 1.54) is 0 Å². The van der Waals surface area contributed by atoms with E-state index >= 15 is 0 Å². The minimum absolute atomic E-state index is 0.236. The molecule has 0 N–H and O–H groups in total. The van der Waals surface area contributed by atoms with Crippen LogP contribution in [0.1, 0.15) is 0 Å². The van der Waals surface area contributed by atoms with Crippen molar-refractivity contribution >= 4 is 122 Å². The van der Waals surface area contributed by atoms with Crippen molar-refractivity contribution in [1.29, 1.82) is 0 Å². The van der Waals surface area contributed by atoms with Gasteiger partial charge in [-0.3, -0.25) is 0 Å². The lowest BCUT2D eigenvalue weighted by molar-refractivity contribution is 0.597. The average molecular weight is 1440 g/mol. The zero-order valence-corrected chi connectivity index (χ0v) is 60.3. The van der Waals surface area contributed by atoms with Crippen molar-refractivity contribution in [2.45, 2.75) is 9.79 Å². The summed E-state index contributed by atoms with van der Waals surface area (Å²) < 4.78 is 47.5. The summed E-state index contributed by atoms with van der Waals surface area (Å²) in [5, 5.41) is 2.52. The summed E-state index contributed by atoms with van der Waals surface area (Å²) in [6.07, 6.45) is 0. The SMILES string of the molecule is O=S1(=O)c2ccc(-c3ccc(N(c4ccccc4)c4ccccc4)cc3)cc2-c2oc3cc(-c4ccc(N(c5ccccc5)c5ccccc5)cc4)ccc3c21.c1ccc(N(c2ccccc2)c2ccc(-c3ccc4c(c3)oc3c5cc(-c6ccc(N(c7ccccc7)c7ccccc7)cc6)ccc5oc43)cc2)cc1. The van der Waals surface area contributed by atoms with E-state index in [1.807, 2.05) is 133 Å². The van der Waals surface area contributed by atoms with Crippen LogP contribution in [0.5, 0.6) is 0 Å². The molecule has 10 heteroatoms. The van der Waals surface area contributed by atoms with Crippen molar-refractivity contribution in [1.82, 2.24) is 0 Å². The number of rotatable bonds is 16. The fourth-order valence-corrected chi connectivity index (χ4v) is 16.9. The third kappa shape index (κ3) is 12.5. The Morgan fingerprint density at radius 3 is 0.800 bits per heavy atom. The van der Waals surface area contributed by atoms with Crippen LogP contribution in [0, 0.1) is 0 Å². The van der Waals surface area contributed by atoms with Crippen molar-refractivity contribution in [3.8, 4) is 55.8 Å². The molecule has 524 valence electrons. The minimum Gasteiger partial charge on any atom is -0.455 e. The predicted octanol–water partition coefficient (Wildman–Crippen LogP) is 28.1. The molecule has 19 aromatic rings. The van der Waals surface area contributed by atoms with Gasteiger partial charge in [-0.2, -0.15) is 0 Å². The first kappa shape index (κ1) is 66.2. The third-order valence-electron chi connectivity index (χ3n) is 20.5. The van der Waals surface area contributed by atoms with E-state index in [2.05, 4.69) is 293 Å². The molecule has 3 aromatic heterocycles. The van der Waals surface area contributed by atoms with Gasteiger partial charge in [0.25, 0.3) is 0 Å². The predicted molar refractivity (Wildman–Crippen MR) is 451 cm³/mol. The number of fused-ring (bicyclic) bond motifs is 10. The highest BCUT2D eigenvalue weighted by Crippen LogP contribution is 2.51. The zero-order chi connectivity index (χ0) is 73.5.